The molecule has 1 aliphatic rings. The molecule has 0 bridgehead atoms. The lowest BCUT2D eigenvalue weighted by Crippen LogP contribution is -2.32. The second-order valence-electron chi connectivity index (χ2n) is 7.97. The number of amides is 2. The summed E-state index contributed by atoms with van der Waals surface area (Å²) in [4.78, 5) is 27.8. The van der Waals surface area contributed by atoms with Crippen LogP contribution in [0.15, 0.2) is 71.4 Å². The topological polar surface area (TPSA) is 75.4 Å². The standard InChI is InChI=1S/C26H19ClFN3O3/c1-15-18(6-4-7-22(15)28)25(32)30-17-9-10-19(21(27)13-17)26(33)31-12-11-16-14-29-34-24(16)20-5-2-3-8-23(20)31/h2-10,13-14H,11-12H2,1H3,(H,30,32). The van der Waals surface area contributed by atoms with Crippen molar-refractivity contribution in [1.82, 2.24) is 5.16 Å². The molecule has 0 saturated carbocycles. The summed E-state index contributed by atoms with van der Waals surface area (Å²) in [6.45, 7) is 1.97. The van der Waals surface area contributed by atoms with Crippen molar-refractivity contribution < 1.29 is 18.5 Å². The summed E-state index contributed by atoms with van der Waals surface area (Å²) < 4.78 is 19.3. The van der Waals surface area contributed by atoms with Gasteiger partial charge in [0.2, 0.25) is 0 Å². The Labute approximate surface area is 199 Å². The van der Waals surface area contributed by atoms with Gasteiger partial charge >= 0.3 is 0 Å². The molecule has 1 N–H and O–H groups in total. The summed E-state index contributed by atoms with van der Waals surface area (Å²) in [6, 6.07) is 16.5. The van der Waals surface area contributed by atoms with Crippen molar-refractivity contribution >= 4 is 34.8 Å². The lowest BCUT2D eigenvalue weighted by molar-refractivity contribution is 0.0986. The number of nitrogens with zero attached hydrogens (tertiary/aromatic N) is 2. The zero-order valence-electron chi connectivity index (χ0n) is 18.1. The summed E-state index contributed by atoms with van der Waals surface area (Å²) in [5, 5.41) is 6.80. The van der Waals surface area contributed by atoms with Crippen LogP contribution in [-0.4, -0.2) is 23.5 Å². The highest BCUT2D eigenvalue weighted by Gasteiger charge is 2.28. The normalized spacial score (nSPS) is 12.5. The van der Waals surface area contributed by atoms with Gasteiger partial charge in [0.15, 0.2) is 5.76 Å². The average Bonchev–Trinajstić information content (AvgIpc) is 3.23. The van der Waals surface area contributed by atoms with Gasteiger partial charge in [-0.2, -0.15) is 0 Å². The summed E-state index contributed by atoms with van der Waals surface area (Å²) >= 11 is 6.48. The molecule has 8 heteroatoms. The Kier molecular flexibility index (Phi) is 5.63. The van der Waals surface area contributed by atoms with Gasteiger partial charge in [-0.3, -0.25) is 9.59 Å². The number of hydrogen-bond acceptors (Lipinski definition) is 4. The molecule has 0 fully saturated rings. The molecule has 5 rings (SSSR count). The molecule has 6 nitrogen and oxygen atoms in total. The molecule has 4 aromatic rings. The monoisotopic (exact) mass is 475 g/mol. The number of rotatable bonds is 3. The lowest BCUT2D eigenvalue weighted by Gasteiger charge is -2.23. The SMILES string of the molecule is Cc1c(F)cccc1C(=O)Nc1ccc(C(=O)N2CCc3cnoc3-c3ccccc32)c(Cl)c1. The van der Waals surface area contributed by atoms with Gasteiger partial charge in [0.25, 0.3) is 11.8 Å². The van der Waals surface area contributed by atoms with Crippen LogP contribution in [0.3, 0.4) is 0 Å². The van der Waals surface area contributed by atoms with Crippen LogP contribution in [0.2, 0.25) is 5.02 Å². The van der Waals surface area contributed by atoms with Crippen LogP contribution < -0.4 is 10.2 Å². The van der Waals surface area contributed by atoms with Gasteiger partial charge in [-0.25, -0.2) is 4.39 Å². The predicted molar refractivity (Wildman–Crippen MR) is 128 cm³/mol. The van der Waals surface area contributed by atoms with Crippen LogP contribution in [-0.2, 0) is 6.42 Å². The van der Waals surface area contributed by atoms with Crippen LogP contribution in [0, 0.1) is 12.7 Å². The van der Waals surface area contributed by atoms with E-state index in [0.717, 1.165) is 11.1 Å². The van der Waals surface area contributed by atoms with Gasteiger partial charge in [-0.05, 0) is 61.4 Å². The molecule has 1 aromatic heterocycles. The van der Waals surface area contributed by atoms with Crippen LogP contribution in [0.5, 0.6) is 0 Å². The molecule has 0 atom stereocenters. The number of nitrogens with one attached hydrogen (secondary N) is 1. The summed E-state index contributed by atoms with van der Waals surface area (Å²) in [7, 11) is 0. The van der Waals surface area contributed by atoms with Gasteiger partial charge in [0.1, 0.15) is 5.82 Å². The molecule has 0 saturated heterocycles. The van der Waals surface area contributed by atoms with E-state index in [0.29, 0.717) is 35.7 Å². The maximum Gasteiger partial charge on any atom is 0.259 e. The first kappa shape index (κ1) is 21.9. The summed E-state index contributed by atoms with van der Waals surface area (Å²) in [5.74, 6) is -0.533. The number of anilines is 2. The number of halogens is 2. The minimum atomic E-state index is -0.462. The number of aromatic nitrogens is 1. The van der Waals surface area contributed by atoms with Crippen LogP contribution >= 0.6 is 11.6 Å². The smallest absolute Gasteiger partial charge is 0.259 e. The van der Waals surface area contributed by atoms with Crippen molar-refractivity contribution in [1.29, 1.82) is 0 Å². The molecule has 0 unspecified atom stereocenters. The molecule has 3 aromatic carbocycles. The number of benzene rings is 3. The molecule has 0 spiro atoms. The van der Waals surface area contributed by atoms with Crippen molar-refractivity contribution in [2.75, 3.05) is 16.8 Å². The Bertz CT molecular complexity index is 1430. The van der Waals surface area contributed by atoms with Crippen LogP contribution in [0.4, 0.5) is 15.8 Å². The van der Waals surface area contributed by atoms with Crippen molar-refractivity contribution in [3.8, 4) is 11.3 Å². The van der Waals surface area contributed by atoms with Gasteiger partial charge in [0, 0.05) is 28.9 Å². The predicted octanol–water partition coefficient (Wildman–Crippen LogP) is 5.90. The van der Waals surface area contributed by atoms with E-state index in [1.54, 1.807) is 36.2 Å². The van der Waals surface area contributed by atoms with Crippen molar-refractivity contribution in [2.24, 2.45) is 0 Å². The van der Waals surface area contributed by atoms with Gasteiger partial charge in [-0.1, -0.05) is 35.0 Å². The number of carbonyl (C=O) groups is 2. The Hall–Kier alpha value is -3.97. The Morgan fingerprint density at radius 2 is 1.91 bits per heavy atom. The van der Waals surface area contributed by atoms with E-state index in [1.807, 2.05) is 24.3 Å². The molecule has 2 amide bonds. The Balaban J connectivity index is 1.42. The second-order valence-corrected chi connectivity index (χ2v) is 8.37. The van der Waals surface area contributed by atoms with E-state index in [1.165, 1.54) is 18.2 Å². The fourth-order valence-corrected chi connectivity index (χ4v) is 4.35. The number of hydrogen-bond donors (Lipinski definition) is 1. The largest absolute Gasteiger partial charge is 0.356 e. The van der Waals surface area contributed by atoms with Crippen molar-refractivity contribution in [3.63, 3.8) is 0 Å². The van der Waals surface area contributed by atoms with Crippen LogP contribution in [0.1, 0.15) is 31.8 Å². The van der Waals surface area contributed by atoms with Crippen molar-refractivity contribution in [3.05, 3.63) is 100.0 Å². The highest BCUT2D eigenvalue weighted by Crippen LogP contribution is 2.37. The highest BCUT2D eigenvalue weighted by atomic mass is 35.5. The van der Waals surface area contributed by atoms with Crippen LogP contribution in [0.25, 0.3) is 11.3 Å². The molecule has 170 valence electrons. The van der Waals surface area contributed by atoms with Crippen molar-refractivity contribution in [2.45, 2.75) is 13.3 Å². The molecular weight excluding hydrogens is 457 g/mol. The van der Waals surface area contributed by atoms with E-state index in [4.69, 9.17) is 16.1 Å². The zero-order chi connectivity index (χ0) is 23.8. The third kappa shape index (κ3) is 3.84. The maximum absolute atomic E-state index is 13.8. The van der Waals surface area contributed by atoms with Gasteiger partial charge in [-0.15, -0.1) is 0 Å². The number of fused-ring (bicyclic) bond motifs is 3. The molecule has 0 radical (unpaired) electrons. The quantitative estimate of drug-likeness (QED) is 0.400. The Morgan fingerprint density at radius 1 is 1.09 bits per heavy atom. The van der Waals surface area contributed by atoms with E-state index < -0.39 is 11.7 Å². The van der Waals surface area contributed by atoms with Gasteiger partial charge in [0.05, 0.1) is 22.5 Å². The highest BCUT2D eigenvalue weighted by molar-refractivity contribution is 6.35. The second kappa shape index (κ2) is 8.76. The third-order valence-corrected chi connectivity index (χ3v) is 6.22. The first-order valence-electron chi connectivity index (χ1n) is 10.6. The molecular formula is C26H19ClFN3O3. The summed E-state index contributed by atoms with van der Waals surface area (Å²) in [5.41, 5.74) is 3.60. The maximum atomic E-state index is 13.8. The molecule has 34 heavy (non-hydrogen) atoms. The fourth-order valence-electron chi connectivity index (χ4n) is 4.09. The van der Waals surface area contributed by atoms with E-state index in [9.17, 15) is 14.0 Å². The average molecular weight is 476 g/mol. The fraction of sp³-hybridized carbons (Fsp3) is 0.115. The first-order valence-corrected chi connectivity index (χ1v) is 11.0. The first-order chi connectivity index (χ1) is 16.4. The number of carbonyl (C=O) groups excluding carboxylic acids is 2. The van der Waals surface area contributed by atoms with Gasteiger partial charge < -0.3 is 14.7 Å². The van der Waals surface area contributed by atoms with E-state index >= 15 is 0 Å². The minimum absolute atomic E-state index is 0.193. The molecule has 0 aliphatic carbocycles. The third-order valence-electron chi connectivity index (χ3n) is 5.90. The van der Waals surface area contributed by atoms with E-state index in [-0.39, 0.29) is 22.1 Å². The zero-order valence-corrected chi connectivity index (χ0v) is 18.9. The van der Waals surface area contributed by atoms with E-state index in [2.05, 4.69) is 10.5 Å². The minimum Gasteiger partial charge on any atom is -0.356 e. The number of para-hydroxylation sites is 1. The summed E-state index contributed by atoms with van der Waals surface area (Å²) in [6.07, 6.45) is 2.25. The lowest BCUT2D eigenvalue weighted by atomic mass is 10.1. The molecule has 2 heterocycles. The molecule has 1 aliphatic heterocycles. The Morgan fingerprint density at radius 3 is 2.74 bits per heavy atom.